The van der Waals surface area contributed by atoms with Gasteiger partial charge < -0.3 is 15.4 Å². The van der Waals surface area contributed by atoms with Crippen LogP contribution in [0.3, 0.4) is 0 Å². The second-order valence-electron chi connectivity index (χ2n) is 7.59. The molecule has 156 valence electrons. The molecule has 0 radical (unpaired) electrons. The highest BCUT2D eigenvalue weighted by Gasteiger charge is 2.52. The van der Waals surface area contributed by atoms with Gasteiger partial charge in [-0.1, -0.05) is 25.0 Å². The van der Waals surface area contributed by atoms with E-state index in [2.05, 4.69) is 10.6 Å². The highest BCUT2D eigenvalue weighted by Crippen LogP contribution is 2.34. The zero-order chi connectivity index (χ0) is 21.1. The van der Waals surface area contributed by atoms with E-state index in [1.807, 2.05) is 0 Å². The van der Waals surface area contributed by atoms with Crippen molar-refractivity contribution in [3.8, 4) is 11.5 Å². The largest absolute Gasteiger partial charge is 0.457 e. The Morgan fingerprint density at radius 2 is 1.63 bits per heavy atom. The van der Waals surface area contributed by atoms with Crippen LogP contribution in [0.1, 0.15) is 31.2 Å². The predicted molar refractivity (Wildman–Crippen MR) is 106 cm³/mol. The lowest BCUT2D eigenvalue weighted by molar-refractivity contribution is -0.134. The van der Waals surface area contributed by atoms with Gasteiger partial charge in [0.05, 0.1) is 0 Å². The number of amides is 4. The number of nitrogens with zero attached hydrogens (tertiary/aromatic N) is 1. The van der Waals surface area contributed by atoms with Gasteiger partial charge in [0.1, 0.15) is 29.4 Å². The molecule has 2 N–H and O–H groups in total. The van der Waals surface area contributed by atoms with Crippen LogP contribution in [-0.4, -0.2) is 34.8 Å². The normalized spacial score (nSPS) is 17.3. The van der Waals surface area contributed by atoms with Gasteiger partial charge in [0.2, 0.25) is 5.91 Å². The summed E-state index contributed by atoms with van der Waals surface area (Å²) in [4.78, 5) is 38.0. The smallest absolute Gasteiger partial charge is 0.325 e. The van der Waals surface area contributed by atoms with Crippen molar-refractivity contribution in [1.29, 1.82) is 0 Å². The lowest BCUT2D eigenvalue weighted by Crippen LogP contribution is -2.45. The molecule has 2 fully saturated rings. The van der Waals surface area contributed by atoms with Crippen molar-refractivity contribution in [1.82, 2.24) is 15.5 Å². The Morgan fingerprint density at radius 1 is 1.03 bits per heavy atom. The molecule has 1 saturated heterocycles. The molecule has 8 heteroatoms. The molecule has 0 aromatic heterocycles. The molecule has 1 aliphatic carbocycles. The Morgan fingerprint density at radius 3 is 2.27 bits per heavy atom. The van der Waals surface area contributed by atoms with Gasteiger partial charge >= 0.3 is 6.03 Å². The van der Waals surface area contributed by atoms with Crippen LogP contribution in [0.5, 0.6) is 11.5 Å². The fourth-order valence-electron chi connectivity index (χ4n) is 3.85. The van der Waals surface area contributed by atoms with Crippen LogP contribution < -0.4 is 15.4 Å². The first-order valence-corrected chi connectivity index (χ1v) is 9.88. The standard InChI is InChI=1S/C22H22FN3O4/c23-16-5-9-18(10-6-16)30-17-7-3-15(4-8-17)13-24-19(27)14-26-20(28)22(25-21(26)29)11-1-2-12-22/h3-10H,1-2,11-14H2,(H,24,27)(H,25,29). The van der Waals surface area contributed by atoms with Crippen LogP contribution in [0.25, 0.3) is 0 Å². The summed E-state index contributed by atoms with van der Waals surface area (Å²) in [6.45, 7) is -0.0391. The van der Waals surface area contributed by atoms with E-state index in [9.17, 15) is 18.8 Å². The maximum absolute atomic E-state index is 12.9. The maximum Gasteiger partial charge on any atom is 0.325 e. The van der Waals surface area contributed by atoms with E-state index in [1.54, 1.807) is 24.3 Å². The number of carbonyl (C=O) groups excluding carboxylic acids is 3. The molecule has 0 bridgehead atoms. The van der Waals surface area contributed by atoms with Crippen LogP contribution in [-0.2, 0) is 16.1 Å². The van der Waals surface area contributed by atoms with E-state index in [0.29, 0.717) is 24.3 Å². The van der Waals surface area contributed by atoms with Gasteiger partial charge in [0.25, 0.3) is 5.91 Å². The molecule has 0 atom stereocenters. The van der Waals surface area contributed by atoms with Gasteiger partial charge in [-0.15, -0.1) is 0 Å². The average Bonchev–Trinajstić information content (AvgIpc) is 3.30. The summed E-state index contributed by atoms with van der Waals surface area (Å²) >= 11 is 0. The number of halogens is 1. The summed E-state index contributed by atoms with van der Waals surface area (Å²) in [5.74, 6) is 0.0616. The molecule has 1 saturated carbocycles. The minimum atomic E-state index is -0.808. The van der Waals surface area contributed by atoms with Gasteiger partial charge in [0, 0.05) is 6.54 Å². The third-order valence-corrected chi connectivity index (χ3v) is 5.47. The van der Waals surface area contributed by atoms with E-state index in [4.69, 9.17) is 4.74 Å². The minimum absolute atomic E-state index is 0.254. The highest BCUT2D eigenvalue weighted by atomic mass is 19.1. The SMILES string of the molecule is O=C(CN1C(=O)NC2(CCCC2)C1=O)NCc1ccc(Oc2ccc(F)cc2)cc1. The zero-order valence-electron chi connectivity index (χ0n) is 16.3. The van der Waals surface area contributed by atoms with E-state index in [-0.39, 0.29) is 24.8 Å². The molecule has 0 unspecified atom stereocenters. The Kier molecular flexibility index (Phi) is 5.39. The molecule has 1 aliphatic heterocycles. The Hall–Kier alpha value is -3.42. The molecular weight excluding hydrogens is 389 g/mol. The lowest BCUT2D eigenvalue weighted by atomic mass is 9.98. The topological polar surface area (TPSA) is 87.7 Å². The summed E-state index contributed by atoms with van der Waals surface area (Å²) in [6.07, 6.45) is 3.05. The van der Waals surface area contributed by atoms with Gasteiger partial charge in [-0.2, -0.15) is 0 Å². The summed E-state index contributed by atoms with van der Waals surface area (Å²) in [5, 5.41) is 5.49. The number of ether oxygens (including phenoxy) is 1. The quantitative estimate of drug-likeness (QED) is 0.715. The number of nitrogens with one attached hydrogen (secondary N) is 2. The van der Waals surface area contributed by atoms with Crippen molar-refractivity contribution < 1.29 is 23.5 Å². The molecule has 7 nitrogen and oxygen atoms in total. The Balaban J connectivity index is 1.28. The number of urea groups is 1. The molecule has 30 heavy (non-hydrogen) atoms. The van der Waals surface area contributed by atoms with Crippen molar-refractivity contribution in [3.05, 3.63) is 59.9 Å². The first-order valence-electron chi connectivity index (χ1n) is 9.88. The van der Waals surface area contributed by atoms with Gasteiger partial charge in [-0.3, -0.25) is 14.5 Å². The Labute approximate surface area is 173 Å². The molecule has 2 aromatic rings. The molecule has 1 heterocycles. The summed E-state index contributed by atoms with van der Waals surface area (Å²) in [7, 11) is 0. The highest BCUT2D eigenvalue weighted by molar-refractivity contribution is 6.09. The zero-order valence-corrected chi connectivity index (χ0v) is 16.3. The molecule has 4 amide bonds. The average molecular weight is 411 g/mol. The van der Waals surface area contributed by atoms with Crippen molar-refractivity contribution in [3.63, 3.8) is 0 Å². The number of imide groups is 1. The fraction of sp³-hybridized carbons (Fsp3) is 0.318. The number of rotatable bonds is 6. The molecule has 1 spiro atoms. The molecule has 4 rings (SSSR count). The van der Waals surface area contributed by atoms with Crippen LogP contribution >= 0.6 is 0 Å². The minimum Gasteiger partial charge on any atom is -0.457 e. The summed E-state index contributed by atoms with van der Waals surface area (Å²) in [6, 6.07) is 12.3. The van der Waals surface area contributed by atoms with Crippen LogP contribution in [0.4, 0.5) is 9.18 Å². The molecule has 2 aliphatic rings. The predicted octanol–water partition coefficient (Wildman–Crippen LogP) is 3.10. The van der Waals surface area contributed by atoms with Crippen molar-refractivity contribution in [2.24, 2.45) is 0 Å². The van der Waals surface area contributed by atoms with E-state index >= 15 is 0 Å². The van der Waals surface area contributed by atoms with Crippen molar-refractivity contribution in [2.45, 2.75) is 37.8 Å². The first kappa shape index (κ1) is 19.9. The number of hydrogen-bond donors (Lipinski definition) is 2. The van der Waals surface area contributed by atoms with E-state index in [1.165, 1.54) is 24.3 Å². The third kappa shape index (κ3) is 4.12. The number of hydrogen-bond acceptors (Lipinski definition) is 4. The summed E-state index contributed by atoms with van der Waals surface area (Å²) < 4.78 is 18.6. The summed E-state index contributed by atoms with van der Waals surface area (Å²) in [5.41, 5.74) is 0.0248. The fourth-order valence-corrected chi connectivity index (χ4v) is 3.85. The van der Waals surface area contributed by atoms with Crippen molar-refractivity contribution >= 4 is 17.8 Å². The second kappa shape index (κ2) is 8.14. The second-order valence-corrected chi connectivity index (χ2v) is 7.59. The monoisotopic (exact) mass is 411 g/mol. The third-order valence-electron chi connectivity index (χ3n) is 5.47. The van der Waals surface area contributed by atoms with E-state index < -0.39 is 17.5 Å². The maximum atomic E-state index is 12.9. The van der Waals surface area contributed by atoms with Crippen LogP contribution in [0.15, 0.2) is 48.5 Å². The molecular formula is C22H22FN3O4. The van der Waals surface area contributed by atoms with Gasteiger partial charge in [-0.25, -0.2) is 9.18 Å². The van der Waals surface area contributed by atoms with Gasteiger partial charge in [-0.05, 0) is 54.8 Å². The van der Waals surface area contributed by atoms with Crippen molar-refractivity contribution in [2.75, 3.05) is 6.54 Å². The number of carbonyl (C=O) groups is 3. The van der Waals surface area contributed by atoms with Crippen LogP contribution in [0, 0.1) is 5.82 Å². The van der Waals surface area contributed by atoms with Crippen LogP contribution in [0.2, 0.25) is 0 Å². The first-order chi connectivity index (χ1) is 14.4. The molecule has 2 aromatic carbocycles. The number of benzene rings is 2. The van der Waals surface area contributed by atoms with Gasteiger partial charge in [0.15, 0.2) is 0 Å². The Bertz CT molecular complexity index is 953. The van der Waals surface area contributed by atoms with E-state index in [0.717, 1.165) is 23.3 Å². The lowest BCUT2D eigenvalue weighted by Gasteiger charge is -2.19.